The van der Waals surface area contributed by atoms with Gasteiger partial charge in [0.1, 0.15) is 5.82 Å². The van der Waals surface area contributed by atoms with Gasteiger partial charge in [-0.3, -0.25) is 4.72 Å². The molecule has 7 heteroatoms. The van der Waals surface area contributed by atoms with Crippen LogP contribution in [0.2, 0.25) is 0 Å². The lowest BCUT2D eigenvalue weighted by atomic mass is 10.2. The molecule has 0 radical (unpaired) electrons. The second-order valence-corrected chi connectivity index (χ2v) is 6.00. The molecular formula is C10H9FN2O2S2. The van der Waals surface area contributed by atoms with Gasteiger partial charge in [-0.2, -0.15) is 0 Å². The van der Waals surface area contributed by atoms with Gasteiger partial charge >= 0.3 is 0 Å². The van der Waals surface area contributed by atoms with E-state index < -0.39 is 10.0 Å². The van der Waals surface area contributed by atoms with E-state index in [9.17, 15) is 12.8 Å². The highest BCUT2D eigenvalue weighted by Gasteiger charge is 2.10. The topological polar surface area (TPSA) is 59.1 Å². The SMILES string of the molecule is CS(=O)(=O)Nc1nc(-c2ccccc2F)cs1. The molecule has 0 bridgehead atoms. The van der Waals surface area contributed by atoms with Gasteiger partial charge in [0.25, 0.3) is 0 Å². The van der Waals surface area contributed by atoms with E-state index in [1.54, 1.807) is 23.6 Å². The van der Waals surface area contributed by atoms with Crippen LogP contribution in [0.3, 0.4) is 0 Å². The summed E-state index contributed by atoms with van der Waals surface area (Å²) in [6, 6.07) is 6.20. The lowest BCUT2D eigenvalue weighted by Crippen LogP contribution is -2.09. The third-order valence-electron chi connectivity index (χ3n) is 1.93. The molecule has 0 fully saturated rings. The Hall–Kier alpha value is -1.47. The van der Waals surface area contributed by atoms with Crippen molar-refractivity contribution in [3.8, 4) is 11.3 Å². The number of thiazole rings is 1. The number of halogens is 1. The molecule has 4 nitrogen and oxygen atoms in total. The van der Waals surface area contributed by atoms with Gasteiger partial charge in [-0.15, -0.1) is 11.3 Å². The highest BCUT2D eigenvalue weighted by Crippen LogP contribution is 2.26. The predicted octanol–water partition coefficient (Wildman–Crippen LogP) is 2.32. The van der Waals surface area contributed by atoms with E-state index >= 15 is 0 Å². The van der Waals surface area contributed by atoms with E-state index in [-0.39, 0.29) is 10.9 Å². The van der Waals surface area contributed by atoms with Crippen LogP contribution in [-0.4, -0.2) is 19.7 Å². The van der Waals surface area contributed by atoms with E-state index in [4.69, 9.17) is 0 Å². The number of anilines is 1. The summed E-state index contributed by atoms with van der Waals surface area (Å²) in [6.45, 7) is 0. The molecule has 0 atom stereocenters. The van der Waals surface area contributed by atoms with Gasteiger partial charge in [-0.25, -0.2) is 17.8 Å². The molecular weight excluding hydrogens is 263 g/mol. The number of aromatic nitrogens is 1. The standard InChI is InChI=1S/C10H9FN2O2S2/c1-17(14,15)13-10-12-9(6-16-10)7-4-2-3-5-8(7)11/h2-6H,1H3,(H,12,13). The molecule has 0 aliphatic heterocycles. The Morgan fingerprint density at radius 3 is 2.71 bits per heavy atom. The van der Waals surface area contributed by atoms with Crippen LogP contribution in [-0.2, 0) is 10.0 Å². The molecule has 17 heavy (non-hydrogen) atoms. The first-order chi connectivity index (χ1) is 7.96. The van der Waals surface area contributed by atoms with Crippen LogP contribution in [0.15, 0.2) is 29.6 Å². The maximum absolute atomic E-state index is 13.4. The monoisotopic (exact) mass is 272 g/mol. The molecule has 0 unspecified atom stereocenters. The number of benzene rings is 1. The zero-order valence-electron chi connectivity index (χ0n) is 8.84. The summed E-state index contributed by atoms with van der Waals surface area (Å²) in [6.07, 6.45) is 1.04. The van der Waals surface area contributed by atoms with Crippen molar-refractivity contribution >= 4 is 26.5 Å². The normalized spacial score (nSPS) is 11.4. The fourth-order valence-electron chi connectivity index (χ4n) is 1.27. The lowest BCUT2D eigenvalue weighted by Gasteiger charge is -1.98. The smallest absolute Gasteiger partial charge is 0.231 e. The minimum absolute atomic E-state index is 0.228. The lowest BCUT2D eigenvalue weighted by molar-refractivity contribution is 0.607. The molecule has 2 rings (SSSR count). The van der Waals surface area contributed by atoms with Gasteiger partial charge in [0.05, 0.1) is 11.9 Å². The summed E-state index contributed by atoms with van der Waals surface area (Å²) in [5.41, 5.74) is 0.768. The molecule has 0 saturated heterocycles. The second-order valence-electron chi connectivity index (χ2n) is 3.39. The van der Waals surface area contributed by atoms with Crippen molar-refractivity contribution in [3.05, 3.63) is 35.5 Å². The quantitative estimate of drug-likeness (QED) is 0.932. The van der Waals surface area contributed by atoms with Crippen LogP contribution in [0.25, 0.3) is 11.3 Å². The number of nitrogens with zero attached hydrogens (tertiary/aromatic N) is 1. The van der Waals surface area contributed by atoms with Crippen LogP contribution >= 0.6 is 11.3 Å². The molecule has 1 aromatic heterocycles. The third kappa shape index (κ3) is 3.01. The van der Waals surface area contributed by atoms with E-state index in [1.165, 1.54) is 6.07 Å². The van der Waals surface area contributed by atoms with Gasteiger partial charge in [-0.1, -0.05) is 12.1 Å². The fourth-order valence-corrected chi connectivity index (χ4v) is 2.84. The van der Waals surface area contributed by atoms with Crippen LogP contribution in [0.5, 0.6) is 0 Å². The Morgan fingerprint density at radius 2 is 2.06 bits per heavy atom. The number of rotatable bonds is 3. The van der Waals surface area contributed by atoms with E-state index in [0.29, 0.717) is 11.3 Å². The molecule has 0 aliphatic rings. The summed E-state index contributed by atoms with van der Waals surface area (Å²) >= 11 is 1.11. The Labute approximate surface area is 102 Å². The highest BCUT2D eigenvalue weighted by atomic mass is 32.2. The van der Waals surface area contributed by atoms with Crippen molar-refractivity contribution in [1.82, 2.24) is 4.98 Å². The Balaban J connectivity index is 2.34. The summed E-state index contributed by atoms with van der Waals surface area (Å²) in [4.78, 5) is 4.01. The molecule has 0 spiro atoms. The van der Waals surface area contributed by atoms with Crippen molar-refractivity contribution in [2.45, 2.75) is 0 Å². The van der Waals surface area contributed by atoms with E-state index in [2.05, 4.69) is 9.71 Å². The third-order valence-corrected chi connectivity index (χ3v) is 3.38. The Bertz CT molecular complexity index is 637. The first-order valence-corrected chi connectivity index (χ1v) is 7.41. The second kappa shape index (κ2) is 4.42. The van der Waals surface area contributed by atoms with Crippen molar-refractivity contribution in [2.24, 2.45) is 0 Å². The molecule has 1 heterocycles. The summed E-state index contributed by atoms with van der Waals surface area (Å²) in [5.74, 6) is -0.385. The van der Waals surface area contributed by atoms with Crippen molar-refractivity contribution in [2.75, 3.05) is 11.0 Å². The van der Waals surface area contributed by atoms with E-state index in [1.807, 2.05) is 0 Å². The fraction of sp³-hybridized carbons (Fsp3) is 0.100. The predicted molar refractivity (Wildman–Crippen MR) is 66.0 cm³/mol. The van der Waals surface area contributed by atoms with Crippen molar-refractivity contribution in [3.63, 3.8) is 0 Å². The molecule has 0 amide bonds. The Morgan fingerprint density at radius 1 is 1.35 bits per heavy atom. The van der Waals surface area contributed by atoms with Gasteiger partial charge in [-0.05, 0) is 12.1 Å². The maximum atomic E-state index is 13.4. The molecule has 0 aliphatic carbocycles. The minimum Gasteiger partial charge on any atom is -0.259 e. The Kier molecular flexibility index (Phi) is 3.12. The van der Waals surface area contributed by atoms with Gasteiger partial charge in [0, 0.05) is 10.9 Å². The van der Waals surface area contributed by atoms with Gasteiger partial charge in [0.15, 0.2) is 5.13 Å². The molecule has 1 N–H and O–H groups in total. The number of hydrogen-bond donors (Lipinski definition) is 1. The summed E-state index contributed by atoms with van der Waals surface area (Å²) in [5, 5.41) is 1.83. The largest absolute Gasteiger partial charge is 0.259 e. The van der Waals surface area contributed by atoms with Gasteiger partial charge in [0.2, 0.25) is 10.0 Å². The van der Waals surface area contributed by atoms with Gasteiger partial charge < -0.3 is 0 Å². The maximum Gasteiger partial charge on any atom is 0.231 e. The molecule has 2 aromatic rings. The number of nitrogens with one attached hydrogen (secondary N) is 1. The molecule has 90 valence electrons. The van der Waals surface area contributed by atoms with Crippen LogP contribution in [0.1, 0.15) is 0 Å². The zero-order valence-corrected chi connectivity index (χ0v) is 10.5. The van der Waals surface area contributed by atoms with Crippen molar-refractivity contribution < 1.29 is 12.8 Å². The van der Waals surface area contributed by atoms with Crippen LogP contribution in [0, 0.1) is 5.82 Å². The first-order valence-electron chi connectivity index (χ1n) is 4.64. The number of sulfonamides is 1. The molecule has 0 saturated carbocycles. The van der Waals surface area contributed by atoms with Crippen LogP contribution < -0.4 is 4.72 Å². The van der Waals surface area contributed by atoms with Crippen molar-refractivity contribution in [1.29, 1.82) is 0 Å². The highest BCUT2D eigenvalue weighted by molar-refractivity contribution is 7.92. The number of hydrogen-bond acceptors (Lipinski definition) is 4. The molecule has 1 aromatic carbocycles. The minimum atomic E-state index is -3.35. The first kappa shape index (κ1) is 12.0. The summed E-state index contributed by atoms with van der Waals surface area (Å²) in [7, 11) is -3.35. The average molecular weight is 272 g/mol. The zero-order chi connectivity index (χ0) is 12.5. The van der Waals surface area contributed by atoms with Crippen LogP contribution in [0.4, 0.5) is 9.52 Å². The van der Waals surface area contributed by atoms with E-state index in [0.717, 1.165) is 17.6 Å². The average Bonchev–Trinajstić information content (AvgIpc) is 2.64. The summed E-state index contributed by atoms with van der Waals surface area (Å²) < 4.78 is 37.7.